The Kier molecular flexibility index (Phi) is 11.2. The Morgan fingerprint density at radius 2 is 1.78 bits per heavy atom. The van der Waals surface area contributed by atoms with Gasteiger partial charge in [0.25, 0.3) is 0 Å². The summed E-state index contributed by atoms with van der Waals surface area (Å²) in [6, 6.07) is 0. The third-order valence-corrected chi connectivity index (χ3v) is 4.81. The van der Waals surface area contributed by atoms with Gasteiger partial charge in [-0.3, -0.25) is 4.57 Å². The molecule has 104 valence electrons. The van der Waals surface area contributed by atoms with Gasteiger partial charge in [0.1, 0.15) is 0 Å². The molecule has 0 rings (SSSR count). The van der Waals surface area contributed by atoms with E-state index in [1.165, 1.54) is 13.8 Å². The maximum absolute atomic E-state index is 12.3. The van der Waals surface area contributed by atoms with Crippen LogP contribution < -0.4 is 24.0 Å². The Morgan fingerprint density at radius 3 is 2.17 bits per heavy atom. The van der Waals surface area contributed by atoms with Crippen LogP contribution in [-0.2, 0) is 13.6 Å². The third kappa shape index (κ3) is 7.99. The van der Waals surface area contributed by atoms with Crippen molar-refractivity contribution in [1.29, 1.82) is 0 Å². The molecule has 0 aromatic carbocycles. The molecule has 0 aliphatic rings. The summed E-state index contributed by atoms with van der Waals surface area (Å²) in [5.41, 5.74) is 0. The number of hydrogen-bond donors (Lipinski definition) is 0. The predicted octanol–water partition coefficient (Wildman–Crippen LogP) is 0.302. The Labute approximate surface area is 124 Å². The van der Waals surface area contributed by atoms with Gasteiger partial charge < -0.3 is 14.2 Å². The molecule has 0 aliphatic carbocycles. The fraction of sp³-hybridized carbons (Fsp3) is 1.00. The van der Waals surface area contributed by atoms with Crippen LogP contribution in [0.25, 0.3) is 0 Å². The number of unbranched alkanes of at least 4 members (excludes halogenated alkanes) is 3. The van der Waals surface area contributed by atoms with E-state index >= 15 is 0 Å². The molecule has 0 N–H and O–H groups in total. The minimum Gasteiger partial charge on any atom is -0.841 e. The second-order valence-electron chi connectivity index (χ2n) is 4.99. The quantitative estimate of drug-likeness (QED) is 0.344. The van der Waals surface area contributed by atoms with Crippen LogP contribution in [0.3, 0.4) is 0 Å². The first-order valence-corrected chi connectivity index (χ1v) is 7.90. The van der Waals surface area contributed by atoms with Gasteiger partial charge in [0, 0.05) is 0 Å². The summed E-state index contributed by atoms with van der Waals surface area (Å²) in [5, 5.41) is 10.2. The molecule has 0 bridgehead atoms. The minimum absolute atomic E-state index is 0. The van der Waals surface area contributed by atoms with E-state index in [-0.39, 0.29) is 25.0 Å². The molecule has 0 radical (unpaired) electrons. The molecule has 1 atom stereocenters. The first-order chi connectivity index (χ1) is 7.73. The number of rotatable bonds is 9. The van der Waals surface area contributed by atoms with Crippen molar-refractivity contribution in [3.63, 3.8) is 0 Å². The van der Waals surface area contributed by atoms with Crippen LogP contribution in [0.1, 0.15) is 60.3 Å². The van der Waals surface area contributed by atoms with Gasteiger partial charge in [-0.2, -0.15) is 0 Å². The Morgan fingerprint density at radius 1 is 1.22 bits per heavy atom. The van der Waals surface area contributed by atoms with E-state index in [4.69, 9.17) is 9.05 Å². The molecule has 0 aromatic heterocycles. The summed E-state index contributed by atoms with van der Waals surface area (Å²) in [7, 11) is -3.56. The maximum atomic E-state index is 12.3. The SMILES string of the molecule is CCCCCCOP(=O)(OC(C)C)C(C)(C)[O-].[Li+]. The zero-order chi connectivity index (χ0) is 13.5. The van der Waals surface area contributed by atoms with Crippen molar-refractivity contribution in [2.75, 3.05) is 6.61 Å². The van der Waals surface area contributed by atoms with E-state index < -0.39 is 12.9 Å². The maximum Gasteiger partial charge on any atom is 1.00 e. The Hall–Kier alpha value is 0.707. The molecule has 1 unspecified atom stereocenters. The molecular weight excluding hydrogens is 246 g/mol. The fourth-order valence-electron chi connectivity index (χ4n) is 1.30. The van der Waals surface area contributed by atoms with Gasteiger partial charge in [-0.05, 0) is 25.6 Å². The molecule has 0 heterocycles. The molecule has 18 heavy (non-hydrogen) atoms. The molecule has 0 spiro atoms. The second kappa shape index (κ2) is 9.59. The van der Waals surface area contributed by atoms with Crippen molar-refractivity contribution < 1.29 is 37.6 Å². The van der Waals surface area contributed by atoms with Crippen molar-refractivity contribution in [2.24, 2.45) is 0 Å². The van der Waals surface area contributed by atoms with E-state index in [0.717, 1.165) is 25.7 Å². The smallest absolute Gasteiger partial charge is 0.841 e. The predicted molar refractivity (Wildman–Crippen MR) is 68.0 cm³/mol. The van der Waals surface area contributed by atoms with Crippen LogP contribution in [0, 0.1) is 0 Å². The van der Waals surface area contributed by atoms with Crippen LogP contribution in [0.15, 0.2) is 0 Å². The standard InChI is InChI=1S/C12H26O4P.Li/c1-6-7-8-9-10-15-17(14,12(4,5)13)16-11(2)3;/h11H,6-10H2,1-5H3;/q-1;+1. The van der Waals surface area contributed by atoms with Gasteiger partial charge in [0.15, 0.2) is 0 Å². The molecule has 0 saturated heterocycles. The zero-order valence-electron chi connectivity index (χ0n) is 12.7. The van der Waals surface area contributed by atoms with Crippen molar-refractivity contribution >= 4 is 7.60 Å². The van der Waals surface area contributed by atoms with Crippen LogP contribution in [-0.4, -0.2) is 18.1 Å². The van der Waals surface area contributed by atoms with Crippen molar-refractivity contribution in [2.45, 2.75) is 71.7 Å². The fourth-order valence-corrected chi connectivity index (χ4v) is 2.85. The van der Waals surface area contributed by atoms with E-state index in [1.54, 1.807) is 13.8 Å². The van der Waals surface area contributed by atoms with Gasteiger partial charge in [-0.25, -0.2) is 0 Å². The summed E-state index contributed by atoms with van der Waals surface area (Å²) in [6.07, 6.45) is 3.82. The monoisotopic (exact) mass is 272 g/mol. The van der Waals surface area contributed by atoms with Crippen LogP contribution in [0.5, 0.6) is 0 Å². The summed E-state index contributed by atoms with van der Waals surface area (Å²) in [6.45, 7) is 8.64. The molecule has 0 aromatic rings. The summed E-state index contributed by atoms with van der Waals surface area (Å²) in [4.78, 5) is 0. The van der Waals surface area contributed by atoms with E-state index in [9.17, 15) is 9.67 Å². The van der Waals surface area contributed by atoms with E-state index in [0.29, 0.717) is 6.61 Å². The topological polar surface area (TPSA) is 58.6 Å². The molecule has 0 saturated carbocycles. The van der Waals surface area contributed by atoms with E-state index in [1.807, 2.05) is 0 Å². The average Bonchev–Trinajstić information content (AvgIpc) is 2.14. The minimum atomic E-state index is -3.56. The molecule has 4 nitrogen and oxygen atoms in total. The van der Waals surface area contributed by atoms with Gasteiger partial charge in [0.2, 0.25) is 0 Å². The Balaban J connectivity index is 0. The third-order valence-electron chi connectivity index (χ3n) is 2.27. The van der Waals surface area contributed by atoms with Gasteiger partial charge >= 0.3 is 26.5 Å². The number of hydrogen-bond acceptors (Lipinski definition) is 4. The van der Waals surface area contributed by atoms with Crippen LogP contribution in [0.2, 0.25) is 0 Å². The van der Waals surface area contributed by atoms with E-state index in [2.05, 4.69) is 6.92 Å². The zero-order valence-corrected chi connectivity index (χ0v) is 13.6. The van der Waals surface area contributed by atoms with Crippen LogP contribution in [0.4, 0.5) is 0 Å². The molecule has 0 fully saturated rings. The summed E-state index contributed by atoms with van der Waals surface area (Å²) in [5.74, 6) is 0. The van der Waals surface area contributed by atoms with Gasteiger partial charge in [-0.15, -0.1) is 0 Å². The molecule has 0 amide bonds. The first-order valence-electron chi connectivity index (χ1n) is 6.36. The normalized spacial score (nSPS) is 15.3. The summed E-state index contributed by atoms with van der Waals surface area (Å²) < 4.78 is 22.8. The van der Waals surface area contributed by atoms with Gasteiger partial charge in [0.05, 0.1) is 12.7 Å². The van der Waals surface area contributed by atoms with Gasteiger partial charge in [-0.1, -0.05) is 40.0 Å². The molecule has 6 heteroatoms. The largest absolute Gasteiger partial charge is 1.00 e. The van der Waals surface area contributed by atoms with Crippen molar-refractivity contribution in [3.8, 4) is 0 Å². The molecule has 0 aliphatic heterocycles. The average molecular weight is 272 g/mol. The second-order valence-corrected chi connectivity index (χ2v) is 7.53. The Bertz CT molecular complexity index is 251. The van der Waals surface area contributed by atoms with Crippen LogP contribution >= 0.6 is 7.60 Å². The first kappa shape index (κ1) is 21.0. The van der Waals surface area contributed by atoms with Crippen molar-refractivity contribution in [3.05, 3.63) is 0 Å². The van der Waals surface area contributed by atoms with Crippen molar-refractivity contribution in [1.82, 2.24) is 0 Å². The summed E-state index contributed by atoms with van der Waals surface area (Å²) >= 11 is 0. The molecular formula is C12H26LiO4P.